The first-order valence-electron chi connectivity index (χ1n) is 2.50. The number of thioether (sulfide) groups is 1. The molecule has 0 radical (unpaired) electrons. The van der Waals surface area contributed by atoms with Crippen molar-refractivity contribution in [2.75, 3.05) is 6.26 Å². The molecule has 56 valence electrons. The van der Waals surface area contributed by atoms with Crippen molar-refractivity contribution in [1.82, 2.24) is 9.78 Å². The summed E-state index contributed by atoms with van der Waals surface area (Å²) in [5.41, 5.74) is 0. The Morgan fingerprint density at radius 1 is 1.90 bits per heavy atom. The van der Waals surface area contributed by atoms with E-state index in [-0.39, 0.29) is 6.73 Å². The third-order valence-electron chi connectivity index (χ3n) is 0.896. The molecule has 0 aromatic carbocycles. The van der Waals surface area contributed by atoms with E-state index >= 15 is 0 Å². The van der Waals surface area contributed by atoms with Gasteiger partial charge in [0.1, 0.15) is 6.73 Å². The summed E-state index contributed by atoms with van der Waals surface area (Å²) in [7, 11) is 0. The van der Waals surface area contributed by atoms with Gasteiger partial charge >= 0.3 is 0 Å². The molecule has 0 fully saturated rings. The molecule has 0 aliphatic carbocycles. The topological polar surface area (TPSA) is 38.0 Å². The Morgan fingerprint density at radius 2 is 2.60 bits per heavy atom. The molecule has 10 heavy (non-hydrogen) atoms. The second-order valence-corrected chi connectivity index (χ2v) is 4.15. The maximum Gasteiger partial charge on any atom is 0.182 e. The van der Waals surface area contributed by atoms with Crippen LogP contribution in [0.15, 0.2) is 4.34 Å². The third kappa shape index (κ3) is 1.57. The van der Waals surface area contributed by atoms with Gasteiger partial charge in [0.15, 0.2) is 8.29 Å². The second-order valence-electron chi connectivity index (χ2n) is 1.48. The smallest absolute Gasteiger partial charge is 0.182 e. The van der Waals surface area contributed by atoms with Crippen molar-refractivity contribution in [2.45, 2.75) is 11.1 Å². The summed E-state index contributed by atoms with van der Waals surface area (Å²) < 4.78 is 2.90. The summed E-state index contributed by atoms with van der Waals surface area (Å²) in [4.78, 5) is 0. The van der Waals surface area contributed by atoms with E-state index in [1.54, 1.807) is 0 Å². The lowest BCUT2D eigenvalue weighted by Crippen LogP contribution is -1.97. The number of aliphatic hydroxyl groups is 1. The fourth-order valence-electron chi connectivity index (χ4n) is 0.459. The molecule has 0 atom stereocenters. The fourth-order valence-corrected chi connectivity index (χ4v) is 2.20. The molecule has 0 saturated carbocycles. The van der Waals surface area contributed by atoms with Crippen molar-refractivity contribution in [3.05, 3.63) is 3.95 Å². The van der Waals surface area contributed by atoms with E-state index in [0.717, 1.165) is 4.34 Å². The standard InChI is InChI=1S/C4H6N2OS3/c1-9-3-5-6(2-7)4(8)10-3/h7H,2H2,1H3. The van der Waals surface area contributed by atoms with Crippen LogP contribution < -0.4 is 0 Å². The normalized spacial score (nSPS) is 10.2. The number of hydrogen-bond donors (Lipinski definition) is 1. The fraction of sp³-hybridized carbons (Fsp3) is 0.500. The molecule has 0 aliphatic rings. The highest BCUT2D eigenvalue weighted by Crippen LogP contribution is 2.18. The van der Waals surface area contributed by atoms with Crippen LogP contribution in [0, 0.1) is 3.95 Å². The van der Waals surface area contributed by atoms with E-state index in [2.05, 4.69) is 5.10 Å². The third-order valence-corrected chi connectivity index (χ3v) is 3.18. The van der Waals surface area contributed by atoms with Gasteiger partial charge in [0.05, 0.1) is 0 Å². The molecular weight excluding hydrogens is 188 g/mol. The molecule has 0 aliphatic heterocycles. The predicted molar refractivity (Wildman–Crippen MR) is 44.9 cm³/mol. The molecule has 6 heteroatoms. The van der Waals surface area contributed by atoms with E-state index in [1.807, 2.05) is 6.26 Å². The van der Waals surface area contributed by atoms with Gasteiger partial charge in [-0.1, -0.05) is 23.1 Å². The lowest BCUT2D eigenvalue weighted by Gasteiger charge is -1.88. The van der Waals surface area contributed by atoms with Crippen LogP contribution in [0.1, 0.15) is 0 Å². The quantitative estimate of drug-likeness (QED) is 0.569. The van der Waals surface area contributed by atoms with Crippen molar-refractivity contribution >= 4 is 35.3 Å². The number of rotatable bonds is 2. The summed E-state index contributed by atoms with van der Waals surface area (Å²) >= 11 is 7.82. The molecule has 0 amide bonds. The molecule has 0 spiro atoms. The molecule has 1 aromatic heterocycles. The maximum absolute atomic E-state index is 8.66. The van der Waals surface area contributed by atoms with Crippen molar-refractivity contribution in [2.24, 2.45) is 0 Å². The monoisotopic (exact) mass is 194 g/mol. The SMILES string of the molecule is CSc1nn(CO)c(=S)s1. The van der Waals surface area contributed by atoms with Gasteiger partial charge in [0.2, 0.25) is 0 Å². The van der Waals surface area contributed by atoms with Crippen LogP contribution in [0.25, 0.3) is 0 Å². The Hall–Kier alpha value is 0.0900. The Bertz CT molecular complexity index is 266. The highest BCUT2D eigenvalue weighted by molar-refractivity contribution is 8.00. The number of aromatic nitrogens is 2. The Balaban J connectivity index is 3.04. The molecule has 0 saturated heterocycles. The molecule has 3 nitrogen and oxygen atoms in total. The minimum Gasteiger partial charge on any atom is -0.374 e. The van der Waals surface area contributed by atoms with Gasteiger partial charge in [-0.15, -0.1) is 0 Å². The van der Waals surface area contributed by atoms with Crippen LogP contribution >= 0.6 is 35.3 Å². The Labute approximate surface area is 71.7 Å². The predicted octanol–water partition coefficient (Wildman–Crippen LogP) is 1.35. The highest BCUT2D eigenvalue weighted by atomic mass is 32.2. The van der Waals surface area contributed by atoms with Crippen molar-refractivity contribution in [3.8, 4) is 0 Å². The van der Waals surface area contributed by atoms with Gasteiger partial charge in [-0.2, -0.15) is 5.10 Å². The van der Waals surface area contributed by atoms with E-state index in [9.17, 15) is 0 Å². The summed E-state index contributed by atoms with van der Waals surface area (Å²) in [5, 5.41) is 12.6. The van der Waals surface area contributed by atoms with Crippen LogP contribution in [0.2, 0.25) is 0 Å². The molecular formula is C4H6N2OS3. The first kappa shape index (κ1) is 8.19. The zero-order chi connectivity index (χ0) is 7.56. The summed E-state index contributed by atoms with van der Waals surface area (Å²) in [5.74, 6) is 0. The van der Waals surface area contributed by atoms with Crippen molar-refractivity contribution in [3.63, 3.8) is 0 Å². The first-order valence-corrected chi connectivity index (χ1v) is 4.95. The van der Waals surface area contributed by atoms with Crippen LogP contribution in [0.3, 0.4) is 0 Å². The number of aliphatic hydroxyl groups excluding tert-OH is 1. The van der Waals surface area contributed by atoms with E-state index in [1.165, 1.54) is 27.8 Å². The molecule has 0 unspecified atom stereocenters. The van der Waals surface area contributed by atoms with Crippen LogP contribution in [-0.4, -0.2) is 21.1 Å². The largest absolute Gasteiger partial charge is 0.374 e. The Morgan fingerprint density at radius 3 is 2.90 bits per heavy atom. The zero-order valence-corrected chi connectivity index (χ0v) is 7.72. The summed E-state index contributed by atoms with van der Waals surface area (Å²) in [6.07, 6.45) is 1.93. The van der Waals surface area contributed by atoms with E-state index in [4.69, 9.17) is 17.3 Å². The summed E-state index contributed by atoms with van der Waals surface area (Å²) in [6.45, 7) is -0.129. The second kappa shape index (κ2) is 3.47. The van der Waals surface area contributed by atoms with Crippen molar-refractivity contribution in [1.29, 1.82) is 0 Å². The average Bonchev–Trinajstić information content (AvgIpc) is 2.30. The molecule has 1 rings (SSSR count). The molecule has 1 N–H and O–H groups in total. The lowest BCUT2D eigenvalue weighted by atomic mass is 11.2. The summed E-state index contributed by atoms with van der Waals surface area (Å²) in [6, 6.07) is 0. The minimum atomic E-state index is -0.129. The first-order chi connectivity index (χ1) is 4.77. The number of hydrogen-bond acceptors (Lipinski definition) is 5. The molecule has 1 heterocycles. The van der Waals surface area contributed by atoms with Crippen LogP contribution in [-0.2, 0) is 6.73 Å². The van der Waals surface area contributed by atoms with Crippen LogP contribution in [0.5, 0.6) is 0 Å². The minimum absolute atomic E-state index is 0.129. The van der Waals surface area contributed by atoms with E-state index in [0.29, 0.717) is 3.95 Å². The van der Waals surface area contributed by atoms with Gasteiger partial charge in [-0.05, 0) is 18.5 Å². The van der Waals surface area contributed by atoms with Gasteiger partial charge in [-0.3, -0.25) is 0 Å². The Kier molecular flexibility index (Phi) is 2.84. The zero-order valence-electron chi connectivity index (χ0n) is 5.27. The molecule has 1 aromatic rings. The lowest BCUT2D eigenvalue weighted by molar-refractivity contribution is 0.192. The van der Waals surface area contributed by atoms with Gasteiger partial charge in [0.25, 0.3) is 0 Å². The van der Waals surface area contributed by atoms with Gasteiger partial charge in [0, 0.05) is 0 Å². The maximum atomic E-state index is 8.66. The van der Waals surface area contributed by atoms with E-state index < -0.39 is 0 Å². The molecule has 0 bridgehead atoms. The van der Waals surface area contributed by atoms with Gasteiger partial charge < -0.3 is 5.11 Å². The van der Waals surface area contributed by atoms with Gasteiger partial charge in [-0.25, -0.2) is 4.68 Å². The highest BCUT2D eigenvalue weighted by Gasteiger charge is 1.98. The van der Waals surface area contributed by atoms with Crippen LogP contribution in [0.4, 0.5) is 0 Å². The van der Waals surface area contributed by atoms with Crippen molar-refractivity contribution < 1.29 is 5.11 Å². The number of nitrogens with zero attached hydrogens (tertiary/aromatic N) is 2. The average molecular weight is 194 g/mol.